The van der Waals surface area contributed by atoms with Crippen molar-refractivity contribution < 1.29 is 22.7 Å². The second-order valence-corrected chi connectivity index (χ2v) is 6.31. The number of rotatable bonds is 3. The molecule has 2 aromatic carbocycles. The molecule has 1 heterocycles. The molecule has 0 aliphatic carbocycles. The first-order valence-electron chi connectivity index (χ1n) is 8.33. The van der Waals surface area contributed by atoms with Crippen molar-refractivity contribution in [2.75, 3.05) is 13.1 Å². The molecule has 1 unspecified atom stereocenters. The van der Waals surface area contributed by atoms with Gasteiger partial charge in [0.15, 0.2) is 0 Å². The van der Waals surface area contributed by atoms with E-state index in [9.17, 15) is 18.0 Å². The number of halogens is 4. The van der Waals surface area contributed by atoms with E-state index in [1.165, 1.54) is 18.2 Å². The third kappa shape index (κ3) is 5.37. The Hall–Kier alpha value is -2.25. The molecule has 1 atom stereocenters. The third-order valence-electron chi connectivity index (χ3n) is 4.22. The minimum atomic E-state index is -4.44. The van der Waals surface area contributed by atoms with Gasteiger partial charge in [-0.2, -0.15) is 13.2 Å². The number of carbonyl (C=O) groups excluding carboxylic acids is 1. The van der Waals surface area contributed by atoms with Crippen molar-refractivity contribution in [3.63, 3.8) is 0 Å². The number of hydrogen-bond acceptors (Lipinski definition) is 3. The highest BCUT2D eigenvalue weighted by Crippen LogP contribution is 2.32. The normalized spacial score (nSPS) is 17.2. The lowest BCUT2D eigenvalue weighted by Gasteiger charge is -2.30. The highest BCUT2D eigenvalue weighted by molar-refractivity contribution is 5.94. The van der Waals surface area contributed by atoms with Crippen LogP contribution in [-0.4, -0.2) is 29.9 Å². The van der Waals surface area contributed by atoms with Crippen LogP contribution < -0.4 is 10.5 Å². The number of likely N-dealkylation sites (tertiary alicyclic amines) is 1. The Labute approximate surface area is 161 Å². The number of carbonyl (C=O) groups is 1. The Balaban J connectivity index is 0.00000261. The molecule has 4 nitrogen and oxygen atoms in total. The number of ether oxygens (including phenoxy) is 1. The summed E-state index contributed by atoms with van der Waals surface area (Å²) in [5.74, 6) is 0.204. The van der Waals surface area contributed by atoms with E-state index in [1.807, 2.05) is 0 Å². The van der Waals surface area contributed by atoms with Gasteiger partial charge in [-0.1, -0.05) is 12.1 Å². The Morgan fingerprint density at radius 3 is 2.44 bits per heavy atom. The molecular weight excluding hydrogens is 381 g/mol. The molecule has 146 valence electrons. The largest absolute Gasteiger partial charge is 0.457 e. The predicted octanol–water partition coefficient (Wildman–Crippen LogP) is 4.48. The number of nitrogens with zero attached hydrogens (tertiary/aromatic N) is 1. The van der Waals surface area contributed by atoms with E-state index < -0.39 is 11.7 Å². The molecule has 0 saturated carbocycles. The van der Waals surface area contributed by atoms with Gasteiger partial charge in [0.05, 0.1) is 5.56 Å². The quantitative estimate of drug-likeness (QED) is 0.826. The zero-order valence-corrected chi connectivity index (χ0v) is 15.2. The van der Waals surface area contributed by atoms with Crippen molar-refractivity contribution in [2.24, 2.45) is 5.73 Å². The lowest BCUT2D eigenvalue weighted by molar-refractivity contribution is -0.137. The smallest absolute Gasteiger partial charge is 0.416 e. The van der Waals surface area contributed by atoms with Gasteiger partial charge in [0, 0.05) is 24.7 Å². The van der Waals surface area contributed by atoms with Crippen molar-refractivity contribution >= 4 is 18.3 Å². The number of alkyl halides is 3. The number of hydrogen-bond donors (Lipinski definition) is 1. The topological polar surface area (TPSA) is 55.6 Å². The molecule has 1 saturated heterocycles. The van der Waals surface area contributed by atoms with Crippen LogP contribution in [0.1, 0.15) is 28.8 Å². The summed E-state index contributed by atoms with van der Waals surface area (Å²) < 4.78 is 43.9. The molecule has 1 aliphatic heterocycles. The second kappa shape index (κ2) is 8.63. The number of benzene rings is 2. The van der Waals surface area contributed by atoms with E-state index in [-0.39, 0.29) is 30.1 Å². The maximum atomic E-state index is 12.8. The summed E-state index contributed by atoms with van der Waals surface area (Å²) in [6.07, 6.45) is -2.69. The number of piperidine rings is 1. The van der Waals surface area contributed by atoms with Gasteiger partial charge in [-0.15, -0.1) is 12.4 Å². The molecule has 0 spiro atoms. The minimum absolute atomic E-state index is 0. The molecule has 3 rings (SSSR count). The van der Waals surface area contributed by atoms with Gasteiger partial charge in [-0.3, -0.25) is 4.79 Å². The Kier molecular flexibility index (Phi) is 6.73. The van der Waals surface area contributed by atoms with Crippen molar-refractivity contribution in [3.05, 3.63) is 59.7 Å². The molecular formula is C19H20ClF3N2O2. The van der Waals surface area contributed by atoms with E-state index in [2.05, 4.69) is 0 Å². The van der Waals surface area contributed by atoms with Crippen LogP contribution in [0.4, 0.5) is 13.2 Å². The van der Waals surface area contributed by atoms with Crippen LogP contribution in [0.5, 0.6) is 11.5 Å². The van der Waals surface area contributed by atoms with Crippen LogP contribution in [0.3, 0.4) is 0 Å². The van der Waals surface area contributed by atoms with Gasteiger partial charge in [0.1, 0.15) is 11.5 Å². The SMILES string of the molecule is Cl.NC1CCCN(C(=O)c2cccc(Oc3cccc(C(F)(F)F)c3)c2)C1. The van der Waals surface area contributed by atoms with Gasteiger partial charge in [-0.25, -0.2) is 0 Å². The fourth-order valence-electron chi connectivity index (χ4n) is 2.94. The maximum absolute atomic E-state index is 12.8. The summed E-state index contributed by atoms with van der Waals surface area (Å²) in [4.78, 5) is 14.3. The van der Waals surface area contributed by atoms with Gasteiger partial charge in [0.2, 0.25) is 0 Å². The van der Waals surface area contributed by atoms with Crippen molar-refractivity contribution in [1.29, 1.82) is 0 Å². The van der Waals surface area contributed by atoms with E-state index in [1.54, 1.807) is 23.1 Å². The first-order chi connectivity index (χ1) is 12.3. The van der Waals surface area contributed by atoms with Crippen molar-refractivity contribution in [1.82, 2.24) is 4.90 Å². The van der Waals surface area contributed by atoms with Gasteiger partial charge < -0.3 is 15.4 Å². The van der Waals surface area contributed by atoms with E-state index in [0.717, 1.165) is 25.0 Å². The average molecular weight is 401 g/mol. The van der Waals surface area contributed by atoms with Gasteiger partial charge >= 0.3 is 6.18 Å². The van der Waals surface area contributed by atoms with Crippen LogP contribution in [-0.2, 0) is 6.18 Å². The summed E-state index contributed by atoms with van der Waals surface area (Å²) in [6.45, 7) is 1.14. The van der Waals surface area contributed by atoms with Crippen LogP contribution in [0.15, 0.2) is 48.5 Å². The van der Waals surface area contributed by atoms with Crippen LogP contribution in [0.2, 0.25) is 0 Å². The minimum Gasteiger partial charge on any atom is -0.457 e. The Bertz CT molecular complexity index is 799. The monoisotopic (exact) mass is 400 g/mol. The first-order valence-corrected chi connectivity index (χ1v) is 8.33. The number of nitrogens with two attached hydrogens (primary N) is 1. The molecule has 1 amide bonds. The molecule has 1 aliphatic rings. The maximum Gasteiger partial charge on any atom is 0.416 e. The Morgan fingerprint density at radius 2 is 1.78 bits per heavy atom. The van der Waals surface area contributed by atoms with E-state index in [4.69, 9.17) is 10.5 Å². The zero-order chi connectivity index (χ0) is 18.7. The standard InChI is InChI=1S/C19H19F3N2O2.ClH/c20-19(21,22)14-5-2-8-17(11-14)26-16-7-1-4-13(10-16)18(25)24-9-3-6-15(23)12-24;/h1-2,4-5,7-8,10-11,15H,3,6,9,12,23H2;1H. The first kappa shape index (κ1) is 21.1. The lowest BCUT2D eigenvalue weighted by Crippen LogP contribution is -2.45. The summed E-state index contributed by atoms with van der Waals surface area (Å²) in [5.41, 5.74) is 5.54. The molecule has 27 heavy (non-hydrogen) atoms. The van der Waals surface area contributed by atoms with Crippen molar-refractivity contribution in [3.8, 4) is 11.5 Å². The third-order valence-corrected chi connectivity index (χ3v) is 4.22. The molecule has 2 aromatic rings. The van der Waals surface area contributed by atoms with Crippen LogP contribution >= 0.6 is 12.4 Å². The molecule has 2 N–H and O–H groups in total. The predicted molar refractivity (Wildman–Crippen MR) is 98.3 cm³/mol. The van der Waals surface area contributed by atoms with E-state index in [0.29, 0.717) is 24.4 Å². The van der Waals surface area contributed by atoms with Crippen LogP contribution in [0, 0.1) is 0 Å². The van der Waals surface area contributed by atoms with Crippen LogP contribution in [0.25, 0.3) is 0 Å². The summed E-state index contributed by atoms with van der Waals surface area (Å²) in [7, 11) is 0. The highest BCUT2D eigenvalue weighted by atomic mass is 35.5. The molecule has 1 fully saturated rings. The summed E-state index contributed by atoms with van der Waals surface area (Å²) in [5, 5.41) is 0. The van der Waals surface area contributed by atoms with Gasteiger partial charge in [0.25, 0.3) is 5.91 Å². The molecule has 0 radical (unpaired) electrons. The lowest BCUT2D eigenvalue weighted by atomic mass is 10.1. The summed E-state index contributed by atoms with van der Waals surface area (Å²) in [6, 6.07) is 11.0. The highest BCUT2D eigenvalue weighted by Gasteiger charge is 2.30. The zero-order valence-electron chi connectivity index (χ0n) is 14.4. The molecule has 8 heteroatoms. The Morgan fingerprint density at radius 1 is 1.11 bits per heavy atom. The molecule has 0 aromatic heterocycles. The number of amides is 1. The average Bonchev–Trinajstić information content (AvgIpc) is 2.61. The summed E-state index contributed by atoms with van der Waals surface area (Å²) >= 11 is 0. The van der Waals surface area contributed by atoms with E-state index >= 15 is 0 Å². The van der Waals surface area contributed by atoms with Crippen molar-refractivity contribution in [2.45, 2.75) is 25.1 Å². The van der Waals surface area contributed by atoms with Gasteiger partial charge in [-0.05, 0) is 49.2 Å². The second-order valence-electron chi connectivity index (χ2n) is 6.31. The fraction of sp³-hybridized carbons (Fsp3) is 0.316. The molecule has 0 bridgehead atoms. The fourth-order valence-corrected chi connectivity index (χ4v) is 2.94.